The maximum atomic E-state index is 11.7. The third-order valence-electron chi connectivity index (χ3n) is 3.23. The van der Waals surface area contributed by atoms with Gasteiger partial charge in [-0.25, -0.2) is 9.86 Å². The van der Waals surface area contributed by atoms with Gasteiger partial charge >= 0.3 is 6.03 Å². The molecule has 2 rings (SSSR count). The van der Waals surface area contributed by atoms with Crippen LogP contribution < -0.4 is 10.1 Å². The standard InChI is InChI=1S/C17H19ClN2O3/c1-20(22-2)17(21)19-14-8-9-16(15(18)12-14)23-11-10-13-6-4-3-5-7-13/h3-9,12H,10-11H2,1-2H3,(H,19,21). The van der Waals surface area contributed by atoms with Gasteiger partial charge in [0.15, 0.2) is 0 Å². The average Bonchev–Trinajstić information content (AvgIpc) is 2.57. The zero-order valence-electron chi connectivity index (χ0n) is 13.1. The van der Waals surface area contributed by atoms with Crippen LogP contribution in [-0.2, 0) is 11.3 Å². The lowest BCUT2D eigenvalue weighted by atomic mass is 10.2. The first kappa shape index (κ1) is 17.1. The van der Waals surface area contributed by atoms with Crippen molar-refractivity contribution >= 4 is 23.3 Å². The number of carbonyl (C=O) groups is 1. The molecule has 0 aliphatic rings. The molecule has 0 heterocycles. The Morgan fingerprint density at radius 2 is 1.96 bits per heavy atom. The SMILES string of the molecule is CON(C)C(=O)Nc1ccc(OCCc2ccccc2)c(Cl)c1. The number of rotatable bonds is 6. The Labute approximate surface area is 140 Å². The Morgan fingerprint density at radius 1 is 1.22 bits per heavy atom. The number of hydrogen-bond donors (Lipinski definition) is 1. The second-order valence-corrected chi connectivity index (χ2v) is 5.25. The molecule has 2 aromatic carbocycles. The van der Waals surface area contributed by atoms with Crippen molar-refractivity contribution in [2.75, 3.05) is 26.1 Å². The molecule has 2 aromatic rings. The van der Waals surface area contributed by atoms with E-state index in [4.69, 9.17) is 21.2 Å². The molecule has 1 N–H and O–H groups in total. The zero-order valence-corrected chi connectivity index (χ0v) is 13.8. The van der Waals surface area contributed by atoms with Gasteiger partial charge in [0.25, 0.3) is 0 Å². The minimum atomic E-state index is -0.388. The summed E-state index contributed by atoms with van der Waals surface area (Å²) < 4.78 is 5.69. The molecule has 0 aliphatic heterocycles. The fourth-order valence-corrected chi connectivity index (χ4v) is 2.14. The number of carbonyl (C=O) groups excluding carboxylic acids is 1. The molecule has 0 aliphatic carbocycles. The minimum absolute atomic E-state index is 0.388. The first-order chi connectivity index (χ1) is 11.1. The van der Waals surface area contributed by atoms with E-state index < -0.39 is 0 Å². The monoisotopic (exact) mass is 334 g/mol. The van der Waals surface area contributed by atoms with Gasteiger partial charge in [-0.3, -0.25) is 4.84 Å². The van der Waals surface area contributed by atoms with Crippen LogP contribution in [0.5, 0.6) is 5.75 Å². The summed E-state index contributed by atoms with van der Waals surface area (Å²) >= 11 is 6.19. The largest absolute Gasteiger partial charge is 0.492 e. The van der Waals surface area contributed by atoms with Crippen molar-refractivity contribution in [3.8, 4) is 5.75 Å². The molecule has 0 unspecified atom stereocenters. The van der Waals surface area contributed by atoms with E-state index in [0.717, 1.165) is 11.5 Å². The zero-order chi connectivity index (χ0) is 16.7. The van der Waals surface area contributed by atoms with Crippen LogP contribution in [0.3, 0.4) is 0 Å². The molecule has 23 heavy (non-hydrogen) atoms. The van der Waals surface area contributed by atoms with Crippen molar-refractivity contribution in [3.05, 3.63) is 59.1 Å². The van der Waals surface area contributed by atoms with E-state index in [-0.39, 0.29) is 6.03 Å². The molecular formula is C17H19ClN2O3. The molecule has 0 spiro atoms. The van der Waals surface area contributed by atoms with Crippen LogP contribution in [0.25, 0.3) is 0 Å². The highest BCUT2D eigenvalue weighted by Crippen LogP contribution is 2.28. The average molecular weight is 335 g/mol. The third-order valence-corrected chi connectivity index (χ3v) is 3.53. The van der Waals surface area contributed by atoms with Crippen molar-refractivity contribution in [2.24, 2.45) is 0 Å². The number of nitrogens with one attached hydrogen (secondary N) is 1. The van der Waals surface area contributed by atoms with Gasteiger partial charge in [-0.1, -0.05) is 41.9 Å². The molecule has 0 aromatic heterocycles. The van der Waals surface area contributed by atoms with Crippen molar-refractivity contribution < 1.29 is 14.4 Å². The Kier molecular flexibility index (Phi) is 6.26. The molecule has 0 fully saturated rings. The lowest BCUT2D eigenvalue weighted by molar-refractivity contribution is -0.0598. The van der Waals surface area contributed by atoms with Crippen LogP contribution >= 0.6 is 11.6 Å². The van der Waals surface area contributed by atoms with E-state index in [1.807, 2.05) is 18.2 Å². The summed E-state index contributed by atoms with van der Waals surface area (Å²) in [6.45, 7) is 0.530. The first-order valence-corrected chi connectivity index (χ1v) is 7.53. The number of nitrogens with zero attached hydrogens (tertiary/aromatic N) is 1. The summed E-state index contributed by atoms with van der Waals surface area (Å²) in [6, 6.07) is 14.8. The van der Waals surface area contributed by atoms with E-state index in [0.29, 0.717) is 23.1 Å². The molecule has 0 bridgehead atoms. The molecule has 0 saturated carbocycles. The number of hydroxylamine groups is 2. The first-order valence-electron chi connectivity index (χ1n) is 7.15. The van der Waals surface area contributed by atoms with Gasteiger partial charge in [0.1, 0.15) is 5.75 Å². The fraction of sp³-hybridized carbons (Fsp3) is 0.235. The highest BCUT2D eigenvalue weighted by molar-refractivity contribution is 6.32. The van der Waals surface area contributed by atoms with Gasteiger partial charge in [-0.15, -0.1) is 0 Å². The summed E-state index contributed by atoms with van der Waals surface area (Å²) in [5.41, 5.74) is 1.77. The van der Waals surface area contributed by atoms with Gasteiger partial charge in [-0.05, 0) is 23.8 Å². The second kappa shape index (κ2) is 8.41. The number of hydrogen-bond acceptors (Lipinski definition) is 3. The number of urea groups is 1. The molecule has 5 nitrogen and oxygen atoms in total. The predicted molar refractivity (Wildman–Crippen MR) is 90.9 cm³/mol. The summed E-state index contributed by atoms with van der Waals surface area (Å²) in [5.74, 6) is 0.584. The number of amides is 2. The van der Waals surface area contributed by atoms with Gasteiger partial charge in [0.2, 0.25) is 0 Å². The summed E-state index contributed by atoms with van der Waals surface area (Å²) in [6.07, 6.45) is 0.800. The van der Waals surface area contributed by atoms with Crippen LogP contribution in [0.4, 0.5) is 10.5 Å². The number of halogens is 1. The Morgan fingerprint density at radius 3 is 2.61 bits per heavy atom. The van der Waals surface area contributed by atoms with Crippen LogP contribution in [0.15, 0.2) is 48.5 Å². The van der Waals surface area contributed by atoms with Crippen LogP contribution in [0.1, 0.15) is 5.56 Å². The molecular weight excluding hydrogens is 316 g/mol. The normalized spacial score (nSPS) is 10.2. The summed E-state index contributed by atoms with van der Waals surface area (Å²) in [7, 11) is 2.92. The second-order valence-electron chi connectivity index (χ2n) is 4.84. The van der Waals surface area contributed by atoms with Crippen LogP contribution in [0, 0.1) is 0 Å². The molecule has 2 amide bonds. The highest BCUT2D eigenvalue weighted by Gasteiger charge is 2.09. The highest BCUT2D eigenvalue weighted by atomic mass is 35.5. The van der Waals surface area contributed by atoms with Gasteiger partial charge in [0, 0.05) is 19.2 Å². The van der Waals surface area contributed by atoms with E-state index in [1.165, 1.54) is 19.7 Å². The molecule has 0 radical (unpaired) electrons. The Balaban J connectivity index is 1.90. The van der Waals surface area contributed by atoms with E-state index in [2.05, 4.69) is 17.4 Å². The maximum absolute atomic E-state index is 11.7. The quantitative estimate of drug-likeness (QED) is 0.813. The molecule has 122 valence electrons. The lowest BCUT2D eigenvalue weighted by Gasteiger charge is -2.15. The topological polar surface area (TPSA) is 50.8 Å². The predicted octanol–water partition coefficient (Wildman–Crippen LogP) is 3.99. The maximum Gasteiger partial charge on any atom is 0.345 e. The van der Waals surface area contributed by atoms with Crippen molar-refractivity contribution in [1.29, 1.82) is 0 Å². The van der Waals surface area contributed by atoms with Gasteiger partial charge in [-0.2, -0.15) is 0 Å². The fourth-order valence-electron chi connectivity index (χ4n) is 1.90. The van der Waals surface area contributed by atoms with Crippen LogP contribution in [-0.4, -0.2) is 31.9 Å². The molecule has 0 atom stereocenters. The lowest BCUT2D eigenvalue weighted by Crippen LogP contribution is -2.30. The number of benzene rings is 2. The van der Waals surface area contributed by atoms with Gasteiger partial charge < -0.3 is 10.1 Å². The van der Waals surface area contributed by atoms with Crippen LogP contribution in [0.2, 0.25) is 5.02 Å². The van der Waals surface area contributed by atoms with Crippen molar-refractivity contribution in [1.82, 2.24) is 5.06 Å². The van der Waals surface area contributed by atoms with E-state index in [1.54, 1.807) is 18.2 Å². The van der Waals surface area contributed by atoms with Crippen molar-refractivity contribution in [2.45, 2.75) is 6.42 Å². The Bertz CT molecular complexity index is 650. The summed E-state index contributed by atoms with van der Waals surface area (Å²) in [5, 5.41) is 4.19. The summed E-state index contributed by atoms with van der Waals surface area (Å²) in [4.78, 5) is 16.5. The smallest absolute Gasteiger partial charge is 0.345 e. The molecule has 0 saturated heterocycles. The molecule has 6 heteroatoms. The number of ether oxygens (including phenoxy) is 1. The Hall–Kier alpha value is -2.24. The van der Waals surface area contributed by atoms with Crippen molar-refractivity contribution in [3.63, 3.8) is 0 Å². The van der Waals surface area contributed by atoms with Gasteiger partial charge in [0.05, 0.1) is 18.7 Å². The van der Waals surface area contributed by atoms with E-state index in [9.17, 15) is 4.79 Å². The number of anilines is 1. The third kappa shape index (κ3) is 5.16. The van der Waals surface area contributed by atoms with E-state index >= 15 is 0 Å². The minimum Gasteiger partial charge on any atom is -0.492 e.